The molecule has 0 aliphatic carbocycles. The van der Waals surface area contributed by atoms with Gasteiger partial charge in [-0.1, -0.05) is 20.8 Å². The van der Waals surface area contributed by atoms with Gasteiger partial charge in [0.25, 0.3) is 0 Å². The maximum atomic E-state index is 12.4. The Balaban J connectivity index is 5.47. The molecular formula is C15H29NO3. The third-order valence-electron chi connectivity index (χ3n) is 2.61. The highest BCUT2D eigenvalue weighted by atomic mass is 16.6. The van der Waals surface area contributed by atoms with Crippen LogP contribution in [0.3, 0.4) is 0 Å². The molecule has 1 atom stereocenters. The largest absolute Gasteiger partial charge is 0.444 e. The Labute approximate surface area is 117 Å². The SMILES string of the molecule is CC(C)(C)OC(=O)N(C(C=O)C(C)(C)C)C(C)(C)C. The molecule has 1 amide bonds. The molecule has 0 saturated carbocycles. The van der Waals surface area contributed by atoms with E-state index in [1.807, 2.05) is 62.3 Å². The number of amides is 1. The van der Waals surface area contributed by atoms with Crippen molar-refractivity contribution in [1.29, 1.82) is 0 Å². The van der Waals surface area contributed by atoms with Crippen molar-refractivity contribution in [2.24, 2.45) is 5.41 Å². The summed E-state index contributed by atoms with van der Waals surface area (Å²) >= 11 is 0. The molecule has 0 spiro atoms. The van der Waals surface area contributed by atoms with Crippen LogP contribution in [0.15, 0.2) is 0 Å². The number of hydrogen-bond acceptors (Lipinski definition) is 3. The van der Waals surface area contributed by atoms with Crippen molar-refractivity contribution in [1.82, 2.24) is 4.90 Å². The Bertz CT molecular complexity index is 329. The van der Waals surface area contributed by atoms with Gasteiger partial charge in [0.05, 0.1) is 6.04 Å². The van der Waals surface area contributed by atoms with Crippen LogP contribution in [0.2, 0.25) is 0 Å². The van der Waals surface area contributed by atoms with E-state index in [0.717, 1.165) is 6.29 Å². The maximum Gasteiger partial charge on any atom is 0.411 e. The lowest BCUT2D eigenvalue weighted by atomic mass is 9.84. The van der Waals surface area contributed by atoms with Crippen LogP contribution >= 0.6 is 0 Å². The van der Waals surface area contributed by atoms with E-state index in [-0.39, 0.29) is 5.41 Å². The molecule has 0 fully saturated rings. The molecule has 0 saturated heterocycles. The molecule has 0 aromatic carbocycles. The van der Waals surface area contributed by atoms with Gasteiger partial charge in [-0.15, -0.1) is 0 Å². The number of carbonyl (C=O) groups is 2. The van der Waals surface area contributed by atoms with Crippen molar-refractivity contribution in [2.75, 3.05) is 0 Å². The number of ether oxygens (including phenoxy) is 1. The Morgan fingerprint density at radius 1 is 1.00 bits per heavy atom. The number of hydrogen-bond donors (Lipinski definition) is 0. The van der Waals surface area contributed by atoms with Crippen molar-refractivity contribution >= 4 is 12.4 Å². The summed E-state index contributed by atoms with van der Waals surface area (Å²) in [5.41, 5.74) is -1.40. The minimum atomic E-state index is -0.577. The number of carbonyl (C=O) groups excluding carboxylic acids is 2. The number of rotatable bonds is 2. The van der Waals surface area contributed by atoms with Crippen LogP contribution in [-0.4, -0.2) is 34.5 Å². The van der Waals surface area contributed by atoms with Crippen LogP contribution in [0, 0.1) is 5.41 Å². The summed E-state index contributed by atoms with van der Waals surface area (Å²) in [4.78, 5) is 25.4. The van der Waals surface area contributed by atoms with E-state index in [1.165, 1.54) is 4.90 Å². The molecule has 0 rings (SSSR count). The molecule has 0 aromatic rings. The van der Waals surface area contributed by atoms with E-state index < -0.39 is 23.3 Å². The van der Waals surface area contributed by atoms with Crippen molar-refractivity contribution < 1.29 is 14.3 Å². The monoisotopic (exact) mass is 271 g/mol. The molecule has 0 N–H and O–H groups in total. The summed E-state index contributed by atoms with van der Waals surface area (Å²) in [6.07, 6.45) is 0.377. The zero-order valence-corrected chi connectivity index (χ0v) is 13.8. The van der Waals surface area contributed by atoms with Crippen molar-refractivity contribution in [3.05, 3.63) is 0 Å². The zero-order chi connectivity index (χ0) is 15.6. The molecule has 0 aliphatic rings. The van der Waals surface area contributed by atoms with Crippen LogP contribution in [0.1, 0.15) is 62.3 Å². The van der Waals surface area contributed by atoms with Gasteiger partial charge in [-0.3, -0.25) is 4.90 Å². The molecule has 1 unspecified atom stereocenters. The fourth-order valence-electron chi connectivity index (χ4n) is 1.77. The summed E-state index contributed by atoms with van der Waals surface area (Å²) < 4.78 is 5.43. The van der Waals surface area contributed by atoms with E-state index >= 15 is 0 Å². The third kappa shape index (κ3) is 5.62. The van der Waals surface area contributed by atoms with Crippen molar-refractivity contribution in [3.8, 4) is 0 Å². The number of aldehydes is 1. The van der Waals surface area contributed by atoms with E-state index in [9.17, 15) is 9.59 Å². The van der Waals surface area contributed by atoms with Gasteiger partial charge in [0, 0.05) is 5.54 Å². The molecule has 4 heteroatoms. The van der Waals surface area contributed by atoms with Crippen LogP contribution < -0.4 is 0 Å². The van der Waals surface area contributed by atoms with Crippen LogP contribution in [0.4, 0.5) is 4.79 Å². The summed E-state index contributed by atoms with van der Waals surface area (Å²) in [6.45, 7) is 17.0. The number of nitrogens with zero attached hydrogens (tertiary/aromatic N) is 1. The Morgan fingerprint density at radius 2 is 1.42 bits per heavy atom. The first-order valence-corrected chi connectivity index (χ1v) is 6.68. The van der Waals surface area contributed by atoms with Crippen molar-refractivity contribution in [2.45, 2.75) is 79.5 Å². The Kier molecular flexibility index (Phi) is 5.21. The minimum Gasteiger partial charge on any atom is -0.444 e. The summed E-state index contributed by atoms with van der Waals surface area (Å²) in [7, 11) is 0. The fraction of sp³-hybridized carbons (Fsp3) is 0.867. The van der Waals surface area contributed by atoms with Gasteiger partial charge in [0.1, 0.15) is 11.9 Å². The van der Waals surface area contributed by atoms with Gasteiger partial charge in [-0.05, 0) is 47.0 Å². The normalized spacial score (nSPS) is 14.8. The lowest BCUT2D eigenvalue weighted by molar-refractivity contribution is -0.118. The third-order valence-corrected chi connectivity index (χ3v) is 2.61. The molecule has 4 nitrogen and oxygen atoms in total. The predicted molar refractivity (Wildman–Crippen MR) is 77.1 cm³/mol. The van der Waals surface area contributed by atoms with E-state index in [4.69, 9.17) is 4.74 Å². The van der Waals surface area contributed by atoms with Gasteiger partial charge in [0.2, 0.25) is 0 Å². The van der Waals surface area contributed by atoms with E-state index in [0.29, 0.717) is 0 Å². The highest BCUT2D eigenvalue weighted by molar-refractivity contribution is 5.75. The maximum absolute atomic E-state index is 12.4. The minimum absolute atomic E-state index is 0.341. The average molecular weight is 271 g/mol. The quantitative estimate of drug-likeness (QED) is 0.720. The summed E-state index contributed by atoms with van der Waals surface area (Å²) in [5, 5.41) is 0. The first-order valence-electron chi connectivity index (χ1n) is 6.68. The molecular weight excluding hydrogens is 242 g/mol. The lowest BCUT2D eigenvalue weighted by Crippen LogP contribution is -2.57. The molecule has 0 bridgehead atoms. The fourth-order valence-corrected chi connectivity index (χ4v) is 1.77. The smallest absolute Gasteiger partial charge is 0.411 e. The molecule has 0 radical (unpaired) electrons. The highest BCUT2D eigenvalue weighted by Crippen LogP contribution is 2.30. The Morgan fingerprint density at radius 3 is 1.63 bits per heavy atom. The second-order valence-electron chi connectivity index (χ2n) is 7.97. The molecule has 19 heavy (non-hydrogen) atoms. The molecule has 0 aromatic heterocycles. The van der Waals surface area contributed by atoms with Gasteiger partial charge in [0.15, 0.2) is 0 Å². The van der Waals surface area contributed by atoms with E-state index in [1.54, 1.807) is 0 Å². The van der Waals surface area contributed by atoms with Gasteiger partial charge < -0.3 is 9.53 Å². The second kappa shape index (κ2) is 5.51. The standard InChI is InChI=1S/C15H29NO3/c1-13(2,3)11(10-17)16(14(4,5)6)12(18)19-15(7,8)9/h10-11H,1-9H3. The molecule has 0 aliphatic heterocycles. The van der Waals surface area contributed by atoms with Crippen LogP contribution in [0.25, 0.3) is 0 Å². The average Bonchev–Trinajstić information content (AvgIpc) is 2.05. The van der Waals surface area contributed by atoms with Gasteiger partial charge >= 0.3 is 6.09 Å². The topological polar surface area (TPSA) is 46.6 Å². The lowest BCUT2D eigenvalue weighted by Gasteiger charge is -2.44. The van der Waals surface area contributed by atoms with Crippen molar-refractivity contribution in [3.63, 3.8) is 0 Å². The van der Waals surface area contributed by atoms with Gasteiger partial charge in [-0.2, -0.15) is 0 Å². The van der Waals surface area contributed by atoms with Crippen LogP contribution in [-0.2, 0) is 9.53 Å². The second-order valence-corrected chi connectivity index (χ2v) is 7.97. The Hall–Kier alpha value is -1.06. The summed E-state index contributed by atoms with van der Waals surface area (Å²) in [5.74, 6) is 0. The highest BCUT2D eigenvalue weighted by Gasteiger charge is 2.41. The first-order chi connectivity index (χ1) is 8.20. The van der Waals surface area contributed by atoms with E-state index in [2.05, 4.69) is 0 Å². The first kappa shape index (κ1) is 17.9. The molecule has 0 heterocycles. The summed E-state index contributed by atoms with van der Waals surface area (Å²) in [6, 6.07) is -0.526. The molecule has 112 valence electrons. The van der Waals surface area contributed by atoms with Gasteiger partial charge in [-0.25, -0.2) is 4.79 Å². The zero-order valence-electron chi connectivity index (χ0n) is 13.8. The predicted octanol–water partition coefficient (Wildman–Crippen LogP) is 3.64. The van der Waals surface area contributed by atoms with Crippen LogP contribution in [0.5, 0.6) is 0 Å².